The number of carboxylic acid groups (broad SMARTS) is 1. The fraction of sp³-hybridized carbons (Fsp3) is 0.464. The van der Waals surface area contributed by atoms with Gasteiger partial charge in [-0.2, -0.15) is 0 Å². The Balaban J connectivity index is 1.13. The third kappa shape index (κ3) is 4.93. The zero-order chi connectivity index (χ0) is 22.8. The molecule has 5 nitrogen and oxygen atoms in total. The van der Waals surface area contributed by atoms with Crippen molar-refractivity contribution >= 4 is 16.9 Å². The molecule has 5 heteroatoms. The summed E-state index contributed by atoms with van der Waals surface area (Å²) in [7, 11) is 0. The third-order valence-electron chi connectivity index (χ3n) is 7.25. The van der Waals surface area contributed by atoms with Crippen LogP contribution in [-0.2, 0) is 11.2 Å². The first kappa shape index (κ1) is 22.0. The highest BCUT2D eigenvalue weighted by molar-refractivity contribution is 5.86. The van der Waals surface area contributed by atoms with Crippen LogP contribution in [0, 0.1) is 6.92 Å². The first-order valence-corrected chi connectivity index (χ1v) is 12.4. The number of likely N-dealkylation sites (tertiary alicyclic amines) is 1. The summed E-state index contributed by atoms with van der Waals surface area (Å²) in [6.07, 6.45) is 6.10. The van der Waals surface area contributed by atoms with Gasteiger partial charge in [-0.3, -0.25) is 4.79 Å². The second kappa shape index (κ2) is 9.60. The van der Waals surface area contributed by atoms with Crippen LogP contribution in [0.1, 0.15) is 60.9 Å². The molecule has 2 aromatic carbocycles. The van der Waals surface area contributed by atoms with E-state index in [-0.39, 0.29) is 6.42 Å². The summed E-state index contributed by atoms with van der Waals surface area (Å²) in [6, 6.07) is 17.1. The first-order valence-electron chi connectivity index (χ1n) is 12.4. The summed E-state index contributed by atoms with van der Waals surface area (Å²) in [5.74, 6) is 0.595. The second-order valence-corrected chi connectivity index (χ2v) is 9.65. The van der Waals surface area contributed by atoms with Gasteiger partial charge < -0.3 is 19.3 Å². The SMILES string of the molecule is Cc1c(C2CCN(CCCOc3cccc(CC(=O)O)c3)CC2)c2ccccc2n1C1CC1. The van der Waals surface area contributed by atoms with Crippen molar-refractivity contribution in [1.82, 2.24) is 9.47 Å². The summed E-state index contributed by atoms with van der Waals surface area (Å²) in [5, 5.41) is 10.4. The molecule has 1 saturated carbocycles. The third-order valence-corrected chi connectivity index (χ3v) is 7.25. The van der Waals surface area contributed by atoms with Crippen molar-refractivity contribution in [3.05, 3.63) is 65.4 Å². The minimum atomic E-state index is -0.817. The van der Waals surface area contributed by atoms with Crippen LogP contribution in [0.15, 0.2) is 48.5 Å². The van der Waals surface area contributed by atoms with Gasteiger partial charge in [-0.25, -0.2) is 0 Å². The number of hydrogen-bond donors (Lipinski definition) is 1. The van der Waals surface area contributed by atoms with Crippen LogP contribution in [-0.4, -0.2) is 46.8 Å². The molecule has 1 N–H and O–H groups in total. The fourth-order valence-corrected chi connectivity index (χ4v) is 5.58. The van der Waals surface area contributed by atoms with E-state index in [2.05, 4.69) is 40.7 Å². The van der Waals surface area contributed by atoms with E-state index in [1.54, 1.807) is 5.56 Å². The van der Waals surface area contributed by atoms with Crippen molar-refractivity contribution in [3.63, 3.8) is 0 Å². The molecular formula is C28H34N2O3. The molecule has 2 aliphatic rings. The van der Waals surface area contributed by atoms with Crippen LogP contribution in [0.2, 0.25) is 0 Å². The number of aliphatic carboxylic acids is 1. The van der Waals surface area contributed by atoms with Gasteiger partial charge in [0.05, 0.1) is 13.0 Å². The highest BCUT2D eigenvalue weighted by Gasteiger charge is 2.31. The maximum Gasteiger partial charge on any atom is 0.307 e. The van der Waals surface area contributed by atoms with Crippen molar-refractivity contribution in [1.29, 1.82) is 0 Å². The number of para-hydroxylation sites is 1. The molecule has 0 spiro atoms. The lowest BCUT2D eigenvalue weighted by molar-refractivity contribution is -0.136. The van der Waals surface area contributed by atoms with Gasteiger partial charge in [0.25, 0.3) is 0 Å². The van der Waals surface area contributed by atoms with Gasteiger partial charge in [0, 0.05) is 29.2 Å². The van der Waals surface area contributed by atoms with Crippen molar-refractivity contribution in [2.45, 2.75) is 57.4 Å². The highest BCUT2D eigenvalue weighted by atomic mass is 16.5. The molecular weight excluding hydrogens is 412 g/mol. The Morgan fingerprint density at radius 3 is 2.61 bits per heavy atom. The lowest BCUT2D eigenvalue weighted by Gasteiger charge is -2.32. The molecule has 1 saturated heterocycles. The number of fused-ring (bicyclic) bond motifs is 1. The number of carbonyl (C=O) groups is 1. The maximum absolute atomic E-state index is 10.9. The normalized spacial score (nSPS) is 17.5. The molecule has 5 rings (SSSR count). The second-order valence-electron chi connectivity index (χ2n) is 9.65. The van der Waals surface area contributed by atoms with Crippen LogP contribution < -0.4 is 4.74 Å². The van der Waals surface area contributed by atoms with Gasteiger partial charge in [-0.15, -0.1) is 0 Å². The standard InChI is InChI=1S/C28H34N2O3/c1-20-28(25-8-2-3-9-26(25)30(20)23-10-11-23)22-12-15-29(16-13-22)14-5-17-33-24-7-4-6-21(18-24)19-27(31)32/h2-4,6-9,18,22-23H,5,10-17,19H2,1H3,(H,31,32). The van der Waals surface area contributed by atoms with Crippen molar-refractivity contribution in [3.8, 4) is 5.75 Å². The summed E-state index contributed by atoms with van der Waals surface area (Å²) >= 11 is 0. The zero-order valence-electron chi connectivity index (χ0n) is 19.5. The smallest absolute Gasteiger partial charge is 0.307 e. The Bertz CT molecular complexity index is 1120. The molecule has 2 fully saturated rings. The summed E-state index contributed by atoms with van der Waals surface area (Å²) in [6.45, 7) is 6.32. The van der Waals surface area contributed by atoms with Crippen LogP contribution in [0.3, 0.4) is 0 Å². The Labute approximate surface area is 196 Å². The molecule has 1 aliphatic carbocycles. The molecule has 3 aromatic rings. The molecule has 2 heterocycles. The Hall–Kier alpha value is -2.79. The number of hydrogen-bond acceptors (Lipinski definition) is 3. The zero-order valence-corrected chi connectivity index (χ0v) is 19.5. The largest absolute Gasteiger partial charge is 0.494 e. The van der Waals surface area contributed by atoms with Crippen LogP contribution in [0.5, 0.6) is 5.75 Å². The highest BCUT2D eigenvalue weighted by Crippen LogP contribution is 2.44. The summed E-state index contributed by atoms with van der Waals surface area (Å²) in [5.41, 5.74) is 5.30. The lowest BCUT2D eigenvalue weighted by Crippen LogP contribution is -2.34. The van der Waals surface area contributed by atoms with Gasteiger partial charge in [0.2, 0.25) is 0 Å². The quantitative estimate of drug-likeness (QED) is 0.437. The Kier molecular flexibility index (Phi) is 6.41. The van der Waals surface area contributed by atoms with E-state index < -0.39 is 5.97 Å². The first-order chi connectivity index (χ1) is 16.1. The predicted molar refractivity (Wildman–Crippen MR) is 131 cm³/mol. The van der Waals surface area contributed by atoms with Gasteiger partial charge in [0.15, 0.2) is 0 Å². The average molecular weight is 447 g/mol. The molecule has 0 atom stereocenters. The van der Waals surface area contributed by atoms with Crippen molar-refractivity contribution in [2.75, 3.05) is 26.2 Å². The number of nitrogens with zero attached hydrogens (tertiary/aromatic N) is 2. The number of ether oxygens (including phenoxy) is 1. The van der Waals surface area contributed by atoms with Crippen LogP contribution >= 0.6 is 0 Å². The van der Waals surface area contributed by atoms with E-state index in [0.717, 1.165) is 37.4 Å². The molecule has 0 unspecified atom stereocenters. The van der Waals surface area contributed by atoms with Crippen LogP contribution in [0.25, 0.3) is 10.9 Å². The number of rotatable bonds is 9. The monoisotopic (exact) mass is 446 g/mol. The van der Waals surface area contributed by atoms with Gasteiger partial charge >= 0.3 is 5.97 Å². The Morgan fingerprint density at radius 2 is 1.85 bits per heavy atom. The molecule has 1 aromatic heterocycles. The van der Waals surface area contributed by atoms with E-state index in [9.17, 15) is 4.79 Å². The van der Waals surface area contributed by atoms with Crippen LogP contribution in [0.4, 0.5) is 0 Å². The maximum atomic E-state index is 10.9. The lowest BCUT2D eigenvalue weighted by atomic mass is 9.87. The van der Waals surface area contributed by atoms with Gasteiger partial charge in [0.1, 0.15) is 5.75 Å². The molecule has 174 valence electrons. The van der Waals surface area contributed by atoms with Crippen molar-refractivity contribution in [2.24, 2.45) is 0 Å². The minimum Gasteiger partial charge on any atom is -0.494 e. The molecule has 0 amide bonds. The Morgan fingerprint density at radius 1 is 1.06 bits per heavy atom. The fourth-order valence-electron chi connectivity index (χ4n) is 5.58. The van der Waals surface area contributed by atoms with E-state index in [4.69, 9.17) is 9.84 Å². The average Bonchev–Trinajstić information content (AvgIpc) is 3.60. The molecule has 0 radical (unpaired) electrons. The van der Waals surface area contributed by atoms with E-state index in [1.165, 1.54) is 42.3 Å². The minimum absolute atomic E-state index is 0.0327. The topological polar surface area (TPSA) is 54.7 Å². The molecule has 0 bridgehead atoms. The number of piperidine rings is 1. The summed E-state index contributed by atoms with van der Waals surface area (Å²) < 4.78 is 8.49. The molecule has 33 heavy (non-hydrogen) atoms. The van der Waals surface area contributed by atoms with Gasteiger partial charge in [-0.1, -0.05) is 30.3 Å². The number of carboxylic acids is 1. The number of benzene rings is 2. The predicted octanol–water partition coefficient (Wildman–Crippen LogP) is 5.56. The van der Waals surface area contributed by atoms with E-state index >= 15 is 0 Å². The van der Waals surface area contributed by atoms with E-state index in [0.29, 0.717) is 18.6 Å². The summed E-state index contributed by atoms with van der Waals surface area (Å²) in [4.78, 5) is 13.5. The molecule has 1 aliphatic heterocycles. The van der Waals surface area contributed by atoms with Gasteiger partial charge in [-0.05, 0) is 87.4 Å². The van der Waals surface area contributed by atoms with Crippen molar-refractivity contribution < 1.29 is 14.6 Å². The van der Waals surface area contributed by atoms with E-state index in [1.807, 2.05) is 24.3 Å². The number of aromatic nitrogens is 1.